The number of fused-ring (bicyclic) bond motifs is 1. The predicted molar refractivity (Wildman–Crippen MR) is 162 cm³/mol. The van der Waals surface area contributed by atoms with Gasteiger partial charge < -0.3 is 23.6 Å². The van der Waals surface area contributed by atoms with Crippen LogP contribution in [0.25, 0.3) is 0 Å². The Morgan fingerprint density at radius 1 is 1.19 bits per heavy atom. The molecule has 0 saturated heterocycles. The number of benzene rings is 1. The minimum Gasteiger partial charge on any atom is -0.598 e. The number of halogens is 4. The van der Waals surface area contributed by atoms with Crippen molar-refractivity contribution in [3.63, 3.8) is 0 Å². The molecule has 7 nitrogen and oxygen atoms in total. The first kappa shape index (κ1) is 34.9. The third-order valence-corrected chi connectivity index (χ3v) is 13.5. The van der Waals surface area contributed by atoms with Crippen LogP contribution in [0.3, 0.4) is 0 Å². The van der Waals surface area contributed by atoms with E-state index in [2.05, 4.69) is 9.71 Å². The van der Waals surface area contributed by atoms with Crippen LogP contribution in [0.4, 0.5) is 13.2 Å². The van der Waals surface area contributed by atoms with E-state index in [4.69, 9.17) is 25.8 Å². The fourth-order valence-electron chi connectivity index (χ4n) is 4.44. The number of nitrogens with one attached hydrogen (secondary N) is 1. The average molecular weight is 651 g/mol. The van der Waals surface area contributed by atoms with Crippen molar-refractivity contribution in [2.45, 2.75) is 94.6 Å². The molecule has 0 amide bonds. The first-order valence-corrected chi connectivity index (χ1v) is 18.2. The van der Waals surface area contributed by atoms with Gasteiger partial charge in [0.15, 0.2) is 19.2 Å². The van der Waals surface area contributed by atoms with Crippen LogP contribution in [0.15, 0.2) is 30.3 Å². The molecule has 1 aliphatic rings. The summed E-state index contributed by atoms with van der Waals surface area (Å²) in [4.78, 5) is 14.9. The maximum atomic E-state index is 14.6. The molecule has 13 heteroatoms. The number of hydrogen-bond donors (Lipinski definition) is 2. The highest BCUT2D eigenvalue weighted by Gasteiger charge is 2.52. The van der Waals surface area contributed by atoms with Crippen LogP contribution in [0.2, 0.25) is 23.3 Å². The van der Waals surface area contributed by atoms with Gasteiger partial charge in [-0.3, -0.25) is 0 Å². The molecule has 42 heavy (non-hydrogen) atoms. The van der Waals surface area contributed by atoms with E-state index in [1.54, 1.807) is 54.8 Å². The van der Waals surface area contributed by atoms with Crippen LogP contribution in [-0.4, -0.2) is 53.9 Å². The van der Waals surface area contributed by atoms with E-state index in [0.29, 0.717) is 12.2 Å². The Morgan fingerprint density at radius 3 is 2.33 bits per heavy atom. The van der Waals surface area contributed by atoms with Crippen LogP contribution in [-0.2, 0) is 28.2 Å². The van der Waals surface area contributed by atoms with Crippen LogP contribution in [0.1, 0.15) is 70.2 Å². The van der Waals surface area contributed by atoms with E-state index in [1.807, 2.05) is 24.3 Å². The van der Waals surface area contributed by atoms with E-state index in [-0.39, 0.29) is 42.7 Å². The van der Waals surface area contributed by atoms with Gasteiger partial charge in [-0.1, -0.05) is 37.6 Å². The predicted octanol–water partition coefficient (Wildman–Crippen LogP) is 7.00. The summed E-state index contributed by atoms with van der Waals surface area (Å²) < 4.78 is 76.5. The van der Waals surface area contributed by atoms with Crippen molar-refractivity contribution < 1.29 is 36.7 Å². The molecular formula is C29H42ClF3N2O5SSi. The van der Waals surface area contributed by atoms with Gasteiger partial charge in [-0.25, -0.2) is 4.98 Å². The van der Waals surface area contributed by atoms with Crippen molar-refractivity contribution in [3.8, 4) is 11.5 Å². The monoisotopic (exact) mass is 650 g/mol. The summed E-state index contributed by atoms with van der Waals surface area (Å²) in [6, 6.07) is 8.77. The number of hydrogen-bond acceptors (Lipinski definition) is 7. The van der Waals surface area contributed by atoms with Crippen LogP contribution in [0, 0.1) is 0 Å². The number of rotatable bonds is 12. The zero-order chi connectivity index (χ0) is 31.7. The molecule has 0 radical (unpaired) electrons. The average Bonchev–Trinajstić information content (AvgIpc) is 3.22. The summed E-state index contributed by atoms with van der Waals surface area (Å²) in [5.74, 6) is -1.10. The molecular weight excluding hydrogens is 609 g/mol. The standard InChI is InChI=1S/C29H42ClF3N2O5SSi/c1-26(2,3)41(36)35-28(13-14-39-17-19-9-11-20(38-6)12-10-19)18-40-24-21(28)15-23(34-25(24)30)22(29(31,32)33)16-27(4,5)42(7,8)37/h9-12,15,22,35,37H,13-14,16-18H2,1-8H3. The molecule has 2 N–H and O–H groups in total. The first-order valence-electron chi connectivity index (χ1n) is 13.7. The topological polar surface area (TPSA) is 95.9 Å². The lowest BCUT2D eigenvalue weighted by Crippen LogP contribution is -2.53. The van der Waals surface area contributed by atoms with Gasteiger partial charge in [0.25, 0.3) is 0 Å². The first-order chi connectivity index (χ1) is 19.2. The smallest absolute Gasteiger partial charge is 0.397 e. The highest BCUT2D eigenvalue weighted by atomic mass is 35.5. The maximum Gasteiger partial charge on any atom is 0.397 e. The van der Waals surface area contributed by atoms with E-state index in [1.165, 1.54) is 6.07 Å². The summed E-state index contributed by atoms with van der Waals surface area (Å²) in [7, 11) is -1.40. The lowest BCUT2D eigenvalue weighted by molar-refractivity contribution is -0.154. The zero-order valence-electron chi connectivity index (χ0n) is 25.4. The number of nitrogens with zero attached hydrogens (tertiary/aromatic N) is 1. The second-order valence-electron chi connectivity index (χ2n) is 13.0. The second-order valence-corrected chi connectivity index (χ2v) is 19.8. The van der Waals surface area contributed by atoms with Gasteiger partial charge in [-0.15, -0.1) is 4.72 Å². The molecule has 3 rings (SSSR count). The summed E-state index contributed by atoms with van der Waals surface area (Å²) in [5, 5.41) is -1.17. The molecule has 1 aromatic carbocycles. The largest absolute Gasteiger partial charge is 0.598 e. The number of pyridine rings is 1. The molecule has 1 aromatic heterocycles. The minimum atomic E-state index is -4.65. The molecule has 2 aromatic rings. The van der Waals surface area contributed by atoms with Crippen LogP contribution in [0.5, 0.6) is 11.5 Å². The Kier molecular flexibility index (Phi) is 10.7. The highest BCUT2D eigenvalue weighted by Crippen LogP contribution is 2.52. The number of methoxy groups -OCH3 is 1. The van der Waals surface area contributed by atoms with Gasteiger partial charge in [0.2, 0.25) is 0 Å². The molecule has 1 aliphatic heterocycles. The van der Waals surface area contributed by atoms with Crippen molar-refractivity contribution in [3.05, 3.63) is 52.3 Å². The third kappa shape index (κ3) is 8.13. The molecule has 0 fully saturated rings. The summed E-state index contributed by atoms with van der Waals surface area (Å²) in [5.41, 5.74) is -0.143. The molecule has 0 spiro atoms. The zero-order valence-corrected chi connectivity index (χ0v) is 28.0. The molecule has 3 atom stereocenters. The Hall–Kier alpha value is -1.54. The third-order valence-electron chi connectivity index (χ3n) is 8.00. The highest BCUT2D eigenvalue weighted by molar-refractivity contribution is 7.90. The van der Waals surface area contributed by atoms with Gasteiger partial charge in [0.1, 0.15) is 22.6 Å². The SMILES string of the molecule is COc1ccc(COCCC2(N[S+]([O-])C(C)(C)C)COc3c2cc(C(CC(C)(C)[Si](C)(C)O)C(F)(F)F)nc3Cl)cc1. The molecule has 2 heterocycles. The van der Waals surface area contributed by atoms with E-state index in [0.717, 1.165) is 11.3 Å². The van der Waals surface area contributed by atoms with Gasteiger partial charge in [0, 0.05) is 30.0 Å². The van der Waals surface area contributed by atoms with Crippen molar-refractivity contribution in [1.82, 2.24) is 9.71 Å². The second kappa shape index (κ2) is 12.8. The molecule has 0 bridgehead atoms. The Balaban J connectivity index is 1.99. The lowest BCUT2D eigenvalue weighted by Gasteiger charge is -2.38. The van der Waals surface area contributed by atoms with E-state index < -0.39 is 47.1 Å². The lowest BCUT2D eigenvalue weighted by atomic mass is 9.86. The van der Waals surface area contributed by atoms with E-state index in [9.17, 15) is 22.5 Å². The molecule has 0 aliphatic carbocycles. The van der Waals surface area contributed by atoms with Crippen molar-refractivity contribution in [2.75, 3.05) is 20.3 Å². The van der Waals surface area contributed by atoms with Gasteiger partial charge >= 0.3 is 6.18 Å². The van der Waals surface area contributed by atoms with Crippen molar-refractivity contribution >= 4 is 31.3 Å². The summed E-state index contributed by atoms with van der Waals surface area (Å²) in [6.07, 6.45) is -4.77. The Labute approximate surface area is 255 Å². The number of aromatic nitrogens is 1. The molecule has 0 saturated carbocycles. The Morgan fingerprint density at radius 2 is 1.81 bits per heavy atom. The quantitative estimate of drug-likeness (QED) is 0.110. The summed E-state index contributed by atoms with van der Waals surface area (Å²) >= 11 is 4.86. The van der Waals surface area contributed by atoms with Crippen LogP contribution >= 0.6 is 11.6 Å². The Bertz CT molecular complexity index is 1220. The van der Waals surface area contributed by atoms with Gasteiger partial charge in [-0.2, -0.15) is 13.2 Å². The maximum absolute atomic E-state index is 14.6. The minimum absolute atomic E-state index is 0.0142. The van der Waals surface area contributed by atoms with Gasteiger partial charge in [-0.05, 0) is 69.1 Å². The fraction of sp³-hybridized carbons (Fsp3) is 0.621. The van der Waals surface area contributed by atoms with Crippen molar-refractivity contribution in [1.29, 1.82) is 0 Å². The van der Waals surface area contributed by atoms with Gasteiger partial charge in [0.05, 0.1) is 25.3 Å². The molecule has 236 valence electrons. The number of alkyl halides is 3. The summed E-state index contributed by atoms with van der Waals surface area (Å²) in [6.45, 7) is 12.4. The van der Waals surface area contributed by atoms with E-state index >= 15 is 0 Å². The number of ether oxygens (including phenoxy) is 3. The van der Waals surface area contributed by atoms with Crippen molar-refractivity contribution in [2.24, 2.45) is 0 Å². The normalized spacial score (nSPS) is 19.3. The molecule has 3 unspecified atom stereocenters. The fourth-order valence-corrected chi connectivity index (χ4v) is 6.33. The van der Waals surface area contributed by atoms with Crippen LogP contribution < -0.4 is 14.2 Å².